The van der Waals surface area contributed by atoms with Gasteiger partial charge < -0.3 is 15.6 Å². The van der Waals surface area contributed by atoms with Gasteiger partial charge in [0.25, 0.3) is 0 Å². The summed E-state index contributed by atoms with van der Waals surface area (Å²) in [7, 11) is 0. The van der Waals surface area contributed by atoms with Gasteiger partial charge in [-0.2, -0.15) is 0 Å². The molecule has 3 N–H and O–H groups in total. The van der Waals surface area contributed by atoms with Crippen molar-refractivity contribution in [1.82, 2.24) is 20.6 Å². The molecule has 0 aliphatic carbocycles. The van der Waals surface area contributed by atoms with Crippen LogP contribution in [0.5, 0.6) is 0 Å². The molecule has 1 aromatic heterocycles. The molecular weight excluding hydrogens is 260 g/mol. The van der Waals surface area contributed by atoms with Crippen LogP contribution < -0.4 is 10.6 Å². The second kappa shape index (κ2) is 5.44. The summed E-state index contributed by atoms with van der Waals surface area (Å²) in [6, 6.07) is -1.41. The lowest BCUT2D eigenvalue weighted by atomic mass is 9.84. The highest BCUT2D eigenvalue weighted by Gasteiger charge is 2.44. The minimum atomic E-state index is -0.779. The number of nitrogens with zero attached hydrogens (tertiary/aromatic N) is 1. The summed E-state index contributed by atoms with van der Waals surface area (Å²) in [4.78, 5) is 41.3. The van der Waals surface area contributed by atoms with E-state index in [2.05, 4.69) is 20.6 Å². The number of aromatic amines is 1. The van der Waals surface area contributed by atoms with Crippen LogP contribution in [0.1, 0.15) is 26.0 Å². The van der Waals surface area contributed by atoms with Gasteiger partial charge in [0.05, 0.1) is 12.0 Å². The predicted octanol–water partition coefficient (Wildman–Crippen LogP) is -0.539. The number of imidazole rings is 1. The molecule has 1 aromatic rings. The lowest BCUT2D eigenvalue weighted by Gasteiger charge is -2.25. The van der Waals surface area contributed by atoms with E-state index in [0.29, 0.717) is 12.1 Å². The first-order valence-corrected chi connectivity index (χ1v) is 6.37. The van der Waals surface area contributed by atoms with Crippen molar-refractivity contribution in [3.8, 4) is 0 Å². The number of hydrogen-bond donors (Lipinski definition) is 3. The SMILES string of the molecule is CC1(C)CC(=O)N[C@@H]1C(=O)N[C@H]([C]=O)Cc1c[nH]cn1. The van der Waals surface area contributed by atoms with Crippen molar-refractivity contribution in [3.63, 3.8) is 0 Å². The minimum Gasteiger partial charge on any atom is -0.351 e. The lowest BCUT2D eigenvalue weighted by molar-refractivity contribution is -0.126. The van der Waals surface area contributed by atoms with E-state index in [1.54, 1.807) is 12.5 Å². The molecule has 2 atom stereocenters. The Morgan fingerprint density at radius 3 is 2.90 bits per heavy atom. The molecule has 2 heterocycles. The number of nitrogens with one attached hydrogen (secondary N) is 3. The topological polar surface area (TPSA) is 104 Å². The summed E-state index contributed by atoms with van der Waals surface area (Å²) in [5.41, 5.74) is 0.189. The highest BCUT2D eigenvalue weighted by atomic mass is 16.2. The monoisotopic (exact) mass is 277 g/mol. The maximum absolute atomic E-state index is 12.2. The molecule has 1 radical (unpaired) electrons. The normalized spacial score (nSPS) is 22.1. The van der Waals surface area contributed by atoms with E-state index in [9.17, 15) is 14.4 Å². The third-order valence-corrected chi connectivity index (χ3v) is 3.39. The van der Waals surface area contributed by atoms with Gasteiger partial charge in [-0.3, -0.25) is 14.4 Å². The van der Waals surface area contributed by atoms with E-state index >= 15 is 0 Å². The van der Waals surface area contributed by atoms with Gasteiger partial charge in [0, 0.05) is 24.5 Å². The molecule has 0 bridgehead atoms. The molecule has 0 spiro atoms. The fourth-order valence-electron chi connectivity index (χ4n) is 2.33. The highest BCUT2D eigenvalue weighted by molar-refractivity contribution is 5.93. The third-order valence-electron chi connectivity index (χ3n) is 3.39. The van der Waals surface area contributed by atoms with Crippen LogP contribution in [-0.2, 0) is 20.8 Å². The van der Waals surface area contributed by atoms with Crippen molar-refractivity contribution >= 4 is 18.1 Å². The quantitative estimate of drug-likeness (QED) is 0.672. The van der Waals surface area contributed by atoms with Crippen LogP contribution in [0, 0.1) is 5.41 Å². The van der Waals surface area contributed by atoms with Crippen LogP contribution in [0.15, 0.2) is 12.5 Å². The summed E-state index contributed by atoms with van der Waals surface area (Å²) in [6.45, 7) is 3.67. The molecule has 1 saturated heterocycles. The molecule has 1 aliphatic heterocycles. The van der Waals surface area contributed by atoms with E-state index in [-0.39, 0.29) is 18.2 Å². The van der Waals surface area contributed by atoms with Crippen molar-refractivity contribution in [2.75, 3.05) is 0 Å². The summed E-state index contributed by atoms with van der Waals surface area (Å²) < 4.78 is 0. The average molecular weight is 277 g/mol. The predicted molar refractivity (Wildman–Crippen MR) is 70.2 cm³/mol. The summed E-state index contributed by atoms with van der Waals surface area (Å²) in [5.74, 6) is -0.529. The summed E-state index contributed by atoms with van der Waals surface area (Å²) >= 11 is 0. The van der Waals surface area contributed by atoms with E-state index in [4.69, 9.17) is 0 Å². The number of amides is 2. The molecule has 20 heavy (non-hydrogen) atoms. The Morgan fingerprint density at radius 2 is 2.40 bits per heavy atom. The summed E-state index contributed by atoms with van der Waals surface area (Å²) in [5, 5.41) is 5.22. The molecule has 7 nitrogen and oxygen atoms in total. The Kier molecular flexibility index (Phi) is 3.87. The first-order valence-electron chi connectivity index (χ1n) is 6.37. The molecule has 0 aromatic carbocycles. The molecule has 2 amide bonds. The van der Waals surface area contributed by atoms with Gasteiger partial charge >= 0.3 is 0 Å². The third kappa shape index (κ3) is 3.04. The Bertz CT molecular complexity index is 510. The van der Waals surface area contributed by atoms with Crippen molar-refractivity contribution in [1.29, 1.82) is 0 Å². The van der Waals surface area contributed by atoms with Crippen LogP contribution in [0.3, 0.4) is 0 Å². The Balaban J connectivity index is 1.99. The fourth-order valence-corrected chi connectivity index (χ4v) is 2.33. The van der Waals surface area contributed by atoms with Crippen LogP contribution in [0.25, 0.3) is 0 Å². The van der Waals surface area contributed by atoms with E-state index in [0.717, 1.165) is 0 Å². The number of aromatic nitrogens is 2. The number of hydrogen-bond acceptors (Lipinski definition) is 4. The molecular formula is C13H17N4O3. The summed E-state index contributed by atoms with van der Waals surface area (Å²) in [6.07, 6.45) is 5.49. The van der Waals surface area contributed by atoms with E-state index in [1.807, 2.05) is 13.8 Å². The second-order valence-electron chi connectivity index (χ2n) is 5.61. The van der Waals surface area contributed by atoms with Crippen molar-refractivity contribution in [3.05, 3.63) is 18.2 Å². The number of carbonyl (C=O) groups excluding carboxylic acids is 3. The zero-order valence-electron chi connectivity index (χ0n) is 11.4. The average Bonchev–Trinajstić information content (AvgIpc) is 2.95. The van der Waals surface area contributed by atoms with Crippen LogP contribution in [0.2, 0.25) is 0 Å². The lowest BCUT2D eigenvalue weighted by Crippen LogP contribution is -2.51. The number of rotatable bonds is 5. The fraction of sp³-hybridized carbons (Fsp3) is 0.538. The van der Waals surface area contributed by atoms with Gasteiger partial charge in [-0.25, -0.2) is 4.98 Å². The van der Waals surface area contributed by atoms with Crippen molar-refractivity contribution in [2.45, 2.75) is 38.8 Å². The molecule has 107 valence electrons. The van der Waals surface area contributed by atoms with Crippen LogP contribution in [-0.4, -0.2) is 40.2 Å². The molecule has 1 aliphatic rings. The molecule has 0 saturated carbocycles. The van der Waals surface area contributed by atoms with Gasteiger partial charge in [-0.1, -0.05) is 13.8 Å². The van der Waals surface area contributed by atoms with Crippen molar-refractivity contribution < 1.29 is 14.4 Å². The minimum absolute atomic E-state index is 0.158. The Labute approximate surface area is 116 Å². The van der Waals surface area contributed by atoms with Gasteiger partial charge in [0.15, 0.2) is 0 Å². The number of H-pyrrole nitrogens is 1. The van der Waals surface area contributed by atoms with Crippen LogP contribution >= 0.6 is 0 Å². The Hall–Kier alpha value is -2.18. The maximum Gasteiger partial charge on any atom is 0.243 e. The van der Waals surface area contributed by atoms with Crippen LogP contribution in [0.4, 0.5) is 0 Å². The molecule has 2 rings (SSSR count). The smallest absolute Gasteiger partial charge is 0.243 e. The highest BCUT2D eigenvalue weighted by Crippen LogP contribution is 2.30. The second-order valence-corrected chi connectivity index (χ2v) is 5.61. The number of carbonyl (C=O) groups is 2. The largest absolute Gasteiger partial charge is 0.351 e. The van der Waals surface area contributed by atoms with Crippen molar-refractivity contribution in [2.24, 2.45) is 5.41 Å². The van der Waals surface area contributed by atoms with Gasteiger partial charge in [0.1, 0.15) is 12.1 Å². The zero-order chi connectivity index (χ0) is 14.8. The molecule has 0 unspecified atom stereocenters. The Morgan fingerprint density at radius 1 is 1.65 bits per heavy atom. The maximum atomic E-state index is 12.2. The first kappa shape index (κ1) is 14.2. The first-order chi connectivity index (χ1) is 9.42. The van der Waals surface area contributed by atoms with E-state index in [1.165, 1.54) is 6.33 Å². The zero-order valence-corrected chi connectivity index (χ0v) is 11.4. The standard InChI is InChI=1S/C13H17N4O3/c1-13(2)4-10(19)17-11(13)12(20)16-9(6-18)3-8-5-14-7-15-8/h5,7,9,11H,3-4H2,1-2H3,(H,14,15)(H,16,20)(H,17,19)/t9-,11+/m0/s1. The molecule has 1 fully saturated rings. The van der Waals surface area contributed by atoms with Gasteiger partial charge in [0.2, 0.25) is 18.1 Å². The van der Waals surface area contributed by atoms with E-state index < -0.39 is 17.5 Å². The van der Waals surface area contributed by atoms with Gasteiger partial charge in [-0.05, 0) is 0 Å². The van der Waals surface area contributed by atoms with Gasteiger partial charge in [-0.15, -0.1) is 0 Å². The molecule has 7 heteroatoms.